The van der Waals surface area contributed by atoms with Crippen LogP contribution in [0.5, 0.6) is 5.75 Å². The summed E-state index contributed by atoms with van der Waals surface area (Å²) in [5, 5.41) is 12.8. The zero-order chi connectivity index (χ0) is 27.9. The molecule has 2 aliphatic rings. The van der Waals surface area contributed by atoms with Crippen LogP contribution in [0.25, 0.3) is 5.65 Å². The minimum Gasteiger partial charge on any atom is -0.490 e. The summed E-state index contributed by atoms with van der Waals surface area (Å²) in [4.78, 5) is 30.4. The van der Waals surface area contributed by atoms with E-state index >= 15 is 0 Å². The van der Waals surface area contributed by atoms with Crippen molar-refractivity contribution in [3.8, 4) is 5.75 Å². The van der Waals surface area contributed by atoms with E-state index in [1.807, 2.05) is 0 Å². The van der Waals surface area contributed by atoms with Crippen molar-refractivity contribution in [3.63, 3.8) is 0 Å². The maximum Gasteiger partial charge on any atom is 0.407 e. The molecule has 39 heavy (non-hydrogen) atoms. The van der Waals surface area contributed by atoms with E-state index in [1.165, 1.54) is 24.4 Å². The number of amides is 1. The van der Waals surface area contributed by atoms with Crippen LogP contribution in [0.3, 0.4) is 0 Å². The Balaban J connectivity index is 1.40. The molecule has 5 rings (SSSR count). The van der Waals surface area contributed by atoms with Gasteiger partial charge in [-0.1, -0.05) is 0 Å². The molecule has 9 nitrogen and oxygen atoms in total. The monoisotopic (exact) mass is 542 g/mol. The molecule has 208 valence electrons. The van der Waals surface area contributed by atoms with Crippen LogP contribution in [0.15, 0.2) is 42.7 Å². The number of benzene rings is 1. The van der Waals surface area contributed by atoms with Gasteiger partial charge in [-0.2, -0.15) is 0 Å². The second-order valence-electron chi connectivity index (χ2n) is 11.1. The van der Waals surface area contributed by atoms with Crippen molar-refractivity contribution >= 4 is 23.5 Å². The summed E-state index contributed by atoms with van der Waals surface area (Å²) in [5.74, 6) is -1.19. The molecule has 11 heteroatoms. The third-order valence-corrected chi connectivity index (χ3v) is 6.97. The molecule has 3 heterocycles. The molecule has 1 saturated heterocycles. The first-order valence-corrected chi connectivity index (χ1v) is 13.0. The molecule has 2 aromatic heterocycles. The average Bonchev–Trinajstić information content (AvgIpc) is 3.57. The maximum absolute atomic E-state index is 14.9. The molecule has 2 fully saturated rings. The van der Waals surface area contributed by atoms with E-state index in [1.54, 1.807) is 48.4 Å². The Morgan fingerprint density at radius 3 is 2.72 bits per heavy atom. The number of nitrogens with zero attached hydrogens (tertiary/aromatic N) is 3. The number of hydrogen-bond acceptors (Lipinski definition) is 6. The van der Waals surface area contributed by atoms with Crippen molar-refractivity contribution in [1.29, 1.82) is 0 Å². The number of aromatic nitrogens is 2. The fourth-order valence-electron chi connectivity index (χ4n) is 5.36. The van der Waals surface area contributed by atoms with Crippen molar-refractivity contribution in [3.05, 3.63) is 59.7 Å². The first-order valence-electron chi connectivity index (χ1n) is 13.0. The predicted octanol–water partition coefficient (Wildman–Crippen LogP) is 5.29. The Morgan fingerprint density at radius 1 is 1.18 bits per heavy atom. The van der Waals surface area contributed by atoms with E-state index in [0.29, 0.717) is 36.2 Å². The van der Waals surface area contributed by atoms with Crippen molar-refractivity contribution in [2.45, 2.75) is 76.4 Å². The topological polar surface area (TPSA) is 105 Å². The summed E-state index contributed by atoms with van der Waals surface area (Å²) in [6, 6.07) is 6.75. The van der Waals surface area contributed by atoms with Crippen LogP contribution in [0.1, 0.15) is 68.4 Å². The molecule has 1 saturated carbocycles. The van der Waals surface area contributed by atoms with Crippen molar-refractivity contribution < 1.29 is 33.0 Å². The number of rotatable bonds is 6. The van der Waals surface area contributed by atoms with Crippen LogP contribution in [0, 0.1) is 5.82 Å². The standard InChI is InChI=1S/C28H32F2N4O5/c1-28(2,3)39-27(37)31-18-7-8-19(13-18)38-23-9-6-16(29)11-20(23)22-12-17(30)14-34(22)25-21(26(35)36)15-33-10-4-5-24(33)32-25/h4-6,9-11,15,17-19,22H,7-8,12-14H2,1-3H3,(H,31,37)(H,35,36)/t17-,18+,19-,22+/m0/s1. The number of hydrogen-bond donors (Lipinski definition) is 2. The van der Waals surface area contributed by atoms with E-state index in [-0.39, 0.29) is 36.5 Å². The Morgan fingerprint density at radius 2 is 1.97 bits per heavy atom. The van der Waals surface area contributed by atoms with Crippen LogP contribution in [0.2, 0.25) is 0 Å². The predicted molar refractivity (Wildman–Crippen MR) is 140 cm³/mol. The fourth-order valence-corrected chi connectivity index (χ4v) is 5.36. The van der Waals surface area contributed by atoms with E-state index in [0.717, 1.165) is 0 Å². The number of carboxylic acid groups (broad SMARTS) is 1. The van der Waals surface area contributed by atoms with Gasteiger partial charge < -0.3 is 29.2 Å². The number of carbonyl (C=O) groups is 2. The Hall–Kier alpha value is -3.89. The SMILES string of the molecule is CC(C)(C)OC(=O)N[C@@H]1CC[C@H](Oc2ccc(F)cc2[C@H]2C[C@H](F)CN2c2nc3cccn3cc2C(=O)O)C1. The summed E-state index contributed by atoms with van der Waals surface area (Å²) in [7, 11) is 0. The van der Waals surface area contributed by atoms with Crippen molar-refractivity contribution in [2.75, 3.05) is 11.4 Å². The molecule has 1 aliphatic heterocycles. The molecule has 0 radical (unpaired) electrons. The molecule has 4 atom stereocenters. The quantitative estimate of drug-likeness (QED) is 0.436. The number of nitrogens with one attached hydrogen (secondary N) is 1. The van der Waals surface area contributed by atoms with E-state index in [2.05, 4.69) is 10.3 Å². The number of alkyl carbamates (subject to hydrolysis) is 1. The second-order valence-corrected chi connectivity index (χ2v) is 11.1. The number of carbonyl (C=O) groups excluding carboxylic acids is 1. The Kier molecular flexibility index (Phi) is 7.09. The number of alkyl halides is 1. The van der Waals surface area contributed by atoms with Gasteiger partial charge in [0.15, 0.2) is 0 Å². The van der Waals surface area contributed by atoms with Gasteiger partial charge in [0, 0.05) is 36.8 Å². The number of halogens is 2. The third kappa shape index (κ3) is 5.91. The average molecular weight is 543 g/mol. The van der Waals surface area contributed by atoms with Gasteiger partial charge in [-0.05, 0) is 63.9 Å². The van der Waals surface area contributed by atoms with Gasteiger partial charge in [-0.3, -0.25) is 0 Å². The van der Waals surface area contributed by atoms with Crippen LogP contribution in [0.4, 0.5) is 19.4 Å². The highest BCUT2D eigenvalue weighted by atomic mass is 19.1. The molecular weight excluding hydrogens is 510 g/mol. The summed E-state index contributed by atoms with van der Waals surface area (Å²) < 4.78 is 42.6. The molecule has 1 amide bonds. The number of fused-ring (bicyclic) bond motifs is 1. The van der Waals surface area contributed by atoms with Gasteiger partial charge in [0.1, 0.15) is 46.5 Å². The molecule has 3 aromatic rings. The zero-order valence-corrected chi connectivity index (χ0v) is 22.1. The van der Waals surface area contributed by atoms with Crippen LogP contribution in [-0.4, -0.2) is 57.0 Å². The molecule has 0 spiro atoms. The lowest BCUT2D eigenvalue weighted by atomic mass is 10.0. The summed E-state index contributed by atoms with van der Waals surface area (Å²) in [5.41, 5.74) is 0.252. The van der Waals surface area contributed by atoms with Gasteiger partial charge in [0.25, 0.3) is 0 Å². The fraction of sp³-hybridized carbons (Fsp3) is 0.464. The third-order valence-electron chi connectivity index (χ3n) is 6.97. The van der Waals surface area contributed by atoms with Crippen LogP contribution >= 0.6 is 0 Å². The minimum absolute atomic E-state index is 0.0280. The smallest absolute Gasteiger partial charge is 0.407 e. The molecular formula is C28H32F2N4O5. The minimum atomic E-state index is -1.27. The van der Waals surface area contributed by atoms with Crippen LogP contribution in [-0.2, 0) is 4.74 Å². The van der Waals surface area contributed by atoms with Gasteiger partial charge in [-0.15, -0.1) is 0 Å². The lowest BCUT2D eigenvalue weighted by Crippen LogP contribution is -2.38. The van der Waals surface area contributed by atoms with E-state index in [9.17, 15) is 23.5 Å². The summed E-state index contributed by atoms with van der Waals surface area (Å²) in [6.45, 7) is 5.30. The molecule has 0 unspecified atom stereocenters. The van der Waals surface area contributed by atoms with Gasteiger partial charge in [0.2, 0.25) is 0 Å². The zero-order valence-electron chi connectivity index (χ0n) is 22.1. The first kappa shape index (κ1) is 26.7. The molecule has 0 bridgehead atoms. The van der Waals surface area contributed by atoms with Crippen molar-refractivity contribution in [1.82, 2.24) is 14.7 Å². The summed E-state index contributed by atoms with van der Waals surface area (Å²) >= 11 is 0. The highest BCUT2D eigenvalue weighted by Crippen LogP contribution is 2.42. The van der Waals surface area contributed by atoms with Crippen LogP contribution < -0.4 is 15.0 Å². The molecule has 1 aromatic carbocycles. The highest BCUT2D eigenvalue weighted by molar-refractivity contribution is 5.93. The number of ether oxygens (including phenoxy) is 2. The molecule has 2 N–H and O–H groups in total. The van der Waals surface area contributed by atoms with E-state index in [4.69, 9.17) is 9.47 Å². The second kappa shape index (κ2) is 10.3. The lowest BCUT2D eigenvalue weighted by molar-refractivity contribution is 0.0502. The number of carboxylic acids is 1. The van der Waals surface area contributed by atoms with Gasteiger partial charge in [-0.25, -0.2) is 23.4 Å². The Labute approximate surface area is 224 Å². The largest absolute Gasteiger partial charge is 0.490 e. The highest BCUT2D eigenvalue weighted by Gasteiger charge is 2.39. The van der Waals surface area contributed by atoms with Gasteiger partial charge in [0.05, 0.1) is 12.6 Å². The Bertz CT molecular complexity index is 1390. The number of anilines is 1. The van der Waals surface area contributed by atoms with Crippen molar-refractivity contribution in [2.24, 2.45) is 0 Å². The van der Waals surface area contributed by atoms with E-state index < -0.39 is 35.7 Å². The number of aromatic carboxylic acids is 1. The lowest BCUT2D eigenvalue weighted by Gasteiger charge is -2.29. The summed E-state index contributed by atoms with van der Waals surface area (Å²) in [6.07, 6.45) is 3.02. The normalized spacial score (nSPS) is 23.3. The van der Waals surface area contributed by atoms with Gasteiger partial charge >= 0.3 is 12.1 Å². The molecule has 1 aliphatic carbocycles. The first-order chi connectivity index (χ1) is 18.5. The maximum atomic E-state index is 14.9.